The summed E-state index contributed by atoms with van der Waals surface area (Å²) in [6.07, 6.45) is -14.8. The Hall–Kier alpha value is -3.34. The predicted molar refractivity (Wildman–Crippen MR) is 269 cm³/mol. The highest BCUT2D eigenvalue weighted by Gasteiger charge is 2.53. The van der Waals surface area contributed by atoms with Crippen LogP contribution in [0.2, 0.25) is 0 Å². The average molecular weight is 1090 g/mol. The van der Waals surface area contributed by atoms with Gasteiger partial charge in [-0.3, -0.25) is 4.90 Å². The minimum absolute atomic E-state index is 0.0953. The molecule has 434 valence electrons. The monoisotopic (exact) mass is 1090 g/mol. The van der Waals surface area contributed by atoms with Crippen molar-refractivity contribution >= 4 is 11.8 Å². The van der Waals surface area contributed by atoms with Gasteiger partial charge >= 0.3 is 12.5 Å². The number of methoxy groups -OCH3 is 1. The topological polar surface area (TPSA) is 253 Å². The molecule has 6 rings (SSSR count). The molecule has 4 saturated heterocycles. The first-order chi connectivity index (χ1) is 35.4. The van der Waals surface area contributed by atoms with Gasteiger partial charge in [0.1, 0.15) is 35.8 Å². The molecule has 4 aliphatic rings. The highest BCUT2D eigenvalue weighted by molar-refractivity contribution is 5.89. The van der Waals surface area contributed by atoms with Gasteiger partial charge in [0, 0.05) is 68.8 Å². The van der Waals surface area contributed by atoms with Crippen molar-refractivity contribution in [2.45, 2.75) is 217 Å². The third kappa shape index (κ3) is 14.7. The Bertz CT molecular complexity index is 2160. The maximum absolute atomic E-state index is 12.9. The minimum atomic E-state index is -4.85. The molecule has 1 amide bonds. The van der Waals surface area contributed by atoms with Crippen LogP contribution < -0.4 is 9.64 Å². The van der Waals surface area contributed by atoms with Crippen molar-refractivity contribution in [3.05, 3.63) is 36.2 Å². The third-order valence-electron chi connectivity index (χ3n) is 16.2. The maximum atomic E-state index is 12.9. The van der Waals surface area contributed by atoms with Crippen molar-refractivity contribution < 1.29 is 86.5 Å². The number of hydrogen-bond acceptors (Lipinski definition) is 19. The Balaban J connectivity index is 1.20. The molecule has 76 heavy (non-hydrogen) atoms. The highest BCUT2D eigenvalue weighted by Crippen LogP contribution is 2.41. The van der Waals surface area contributed by atoms with E-state index in [9.17, 15) is 48.6 Å². The Kier molecular flexibility index (Phi) is 20.3. The van der Waals surface area contributed by atoms with Crippen molar-refractivity contribution in [2.75, 3.05) is 45.7 Å². The molecule has 4 aliphatic heterocycles. The summed E-state index contributed by atoms with van der Waals surface area (Å²) in [7, 11) is 5.19. The van der Waals surface area contributed by atoms with Crippen LogP contribution in [0.5, 0.6) is 5.75 Å². The van der Waals surface area contributed by atoms with Gasteiger partial charge < -0.3 is 78.3 Å². The number of likely N-dealkylation sites (N-methyl/N-ethyl adjacent to an activating group) is 2. The first-order valence-electron chi connectivity index (χ1n) is 26.5. The standard InChI is InChI=1S/C52H85F3N6O15/c1-14-39-51(10,68)43(63)32(6)59(12)24-28(2)22-49(8,67)45(30(4)42(31(5)46(65)73-39)74-40-23-50(9,69-13)44(64)33(7)71-40)75-47-41(62)38(21-29(3)70-47)58(11)20-19-34-25-60(57-56-34)26-37-27-61(48(66)72-37)35-15-17-36(18-16-35)76-52(53,54)55/h15-18,25,28-33,37-47,62-65,67-68H,14,19-24,26-27H2,1-13H3/t28-,29-,30+,31-,32-,33+,37+,38+,39-,40+,41-,42+,43-,44+,45-,46+,47+,49-,50-,51-/m1/s1. The molecular formula is C52H85F3N6O15. The summed E-state index contributed by atoms with van der Waals surface area (Å²) in [5.74, 6) is -2.35. The van der Waals surface area contributed by atoms with Crippen molar-refractivity contribution in [3.8, 4) is 5.75 Å². The molecule has 0 unspecified atom stereocenters. The average Bonchev–Trinajstić information content (AvgIpc) is 3.96. The zero-order valence-corrected chi connectivity index (χ0v) is 46.2. The van der Waals surface area contributed by atoms with Gasteiger partial charge in [-0.1, -0.05) is 32.9 Å². The van der Waals surface area contributed by atoms with Crippen LogP contribution in [0.3, 0.4) is 0 Å². The predicted octanol–water partition coefficient (Wildman–Crippen LogP) is 3.82. The minimum Gasteiger partial charge on any atom is -0.442 e. The normalized spacial score (nSPS) is 40.9. The van der Waals surface area contributed by atoms with E-state index in [0.717, 1.165) is 12.1 Å². The number of rotatable bonds is 14. The summed E-state index contributed by atoms with van der Waals surface area (Å²) in [6.45, 7) is 18.7. The second-order valence-electron chi connectivity index (χ2n) is 22.7. The van der Waals surface area contributed by atoms with Gasteiger partial charge in [0.15, 0.2) is 18.9 Å². The lowest BCUT2D eigenvalue weighted by atomic mass is 9.77. The number of anilines is 1. The van der Waals surface area contributed by atoms with E-state index in [1.54, 1.807) is 52.4 Å². The Morgan fingerprint density at radius 1 is 0.908 bits per heavy atom. The van der Waals surface area contributed by atoms with Crippen molar-refractivity contribution in [2.24, 2.45) is 17.8 Å². The lowest BCUT2D eigenvalue weighted by Gasteiger charge is -2.49. The fourth-order valence-electron chi connectivity index (χ4n) is 11.7. The lowest BCUT2D eigenvalue weighted by molar-refractivity contribution is -0.326. The number of aliphatic hydroxyl groups excluding tert-OH is 4. The van der Waals surface area contributed by atoms with E-state index in [-0.39, 0.29) is 38.3 Å². The van der Waals surface area contributed by atoms with Crippen LogP contribution in [0.1, 0.15) is 101 Å². The number of halogens is 3. The summed E-state index contributed by atoms with van der Waals surface area (Å²) >= 11 is 0. The number of nitrogens with zero attached hydrogens (tertiary/aromatic N) is 6. The zero-order valence-electron chi connectivity index (χ0n) is 46.2. The van der Waals surface area contributed by atoms with Gasteiger partial charge in [-0.2, -0.15) is 0 Å². The van der Waals surface area contributed by atoms with Crippen LogP contribution in [0.4, 0.5) is 23.7 Å². The summed E-state index contributed by atoms with van der Waals surface area (Å²) in [5, 5.41) is 80.4. The molecule has 20 atom stereocenters. The van der Waals surface area contributed by atoms with Crippen LogP contribution in [0.25, 0.3) is 0 Å². The molecule has 6 N–H and O–H groups in total. The zero-order chi connectivity index (χ0) is 56.4. The fourth-order valence-corrected chi connectivity index (χ4v) is 11.7. The molecule has 5 heterocycles. The second-order valence-corrected chi connectivity index (χ2v) is 22.7. The Morgan fingerprint density at radius 2 is 1.58 bits per heavy atom. The van der Waals surface area contributed by atoms with Gasteiger partial charge in [-0.15, -0.1) is 18.3 Å². The molecule has 0 aliphatic carbocycles. The summed E-state index contributed by atoms with van der Waals surface area (Å²) in [5.41, 5.74) is -3.58. The number of aromatic nitrogens is 3. The highest BCUT2D eigenvalue weighted by atomic mass is 19.4. The molecule has 0 spiro atoms. The van der Waals surface area contributed by atoms with Crippen LogP contribution in [-0.4, -0.2) is 211 Å². The van der Waals surface area contributed by atoms with E-state index >= 15 is 0 Å². The van der Waals surface area contributed by atoms with Crippen molar-refractivity contribution in [3.63, 3.8) is 0 Å². The number of cyclic esters (lactones) is 1. The van der Waals surface area contributed by atoms with Gasteiger partial charge in [0.05, 0.1) is 60.5 Å². The quantitative estimate of drug-likeness (QED) is 0.157. The summed E-state index contributed by atoms with van der Waals surface area (Å²) in [6, 6.07) is 3.83. The third-order valence-corrected chi connectivity index (χ3v) is 16.2. The van der Waals surface area contributed by atoms with Crippen LogP contribution in [0.15, 0.2) is 30.5 Å². The van der Waals surface area contributed by atoms with Gasteiger partial charge in [0.2, 0.25) is 0 Å². The first-order valence-corrected chi connectivity index (χ1v) is 26.5. The van der Waals surface area contributed by atoms with Crippen LogP contribution in [0, 0.1) is 17.8 Å². The van der Waals surface area contributed by atoms with E-state index in [4.69, 9.17) is 33.2 Å². The molecule has 0 saturated carbocycles. The van der Waals surface area contributed by atoms with Gasteiger partial charge in [-0.25, -0.2) is 9.48 Å². The van der Waals surface area contributed by atoms with Gasteiger partial charge in [-0.05, 0) is 105 Å². The number of aliphatic hydroxyl groups is 6. The van der Waals surface area contributed by atoms with E-state index in [1.165, 1.54) is 31.1 Å². The number of hydrogen-bond donors (Lipinski definition) is 6. The van der Waals surface area contributed by atoms with Crippen LogP contribution in [-0.2, 0) is 46.1 Å². The van der Waals surface area contributed by atoms with Crippen molar-refractivity contribution in [1.82, 2.24) is 24.8 Å². The number of alkyl halides is 3. The number of amides is 1. The largest absolute Gasteiger partial charge is 0.573 e. The smallest absolute Gasteiger partial charge is 0.442 e. The molecule has 1 aromatic carbocycles. The van der Waals surface area contributed by atoms with E-state index in [1.807, 2.05) is 44.7 Å². The van der Waals surface area contributed by atoms with Crippen molar-refractivity contribution in [1.29, 1.82) is 0 Å². The molecule has 0 radical (unpaired) electrons. The maximum Gasteiger partial charge on any atom is 0.573 e. The summed E-state index contributed by atoms with van der Waals surface area (Å²) < 4.78 is 87.5. The van der Waals surface area contributed by atoms with E-state index in [2.05, 4.69) is 15.0 Å². The number of carbonyl (C=O) groups excluding carboxylic acids is 1. The second kappa shape index (κ2) is 25.0. The lowest BCUT2D eigenvalue weighted by Crippen LogP contribution is -2.61. The number of carbonyl (C=O) groups is 1. The number of benzene rings is 1. The number of ether oxygens (including phenoxy) is 8. The van der Waals surface area contributed by atoms with E-state index in [0.29, 0.717) is 37.3 Å². The fraction of sp³-hybridized carbons (Fsp3) is 0.827. The molecule has 4 fully saturated rings. The molecule has 24 heteroatoms. The molecule has 2 aromatic rings. The van der Waals surface area contributed by atoms with Gasteiger partial charge in [0.25, 0.3) is 0 Å². The van der Waals surface area contributed by atoms with Crippen LogP contribution >= 0.6 is 0 Å². The molecule has 0 bridgehead atoms. The first kappa shape index (κ1) is 61.9. The Morgan fingerprint density at radius 3 is 2.21 bits per heavy atom. The Labute approximate surface area is 444 Å². The molecule has 1 aromatic heterocycles. The van der Waals surface area contributed by atoms with E-state index < -0.39 is 133 Å². The molecular weight excluding hydrogens is 1010 g/mol. The SMILES string of the molecule is CC[C@H]1O[C@H](O)[C@H](C)[C@@H](O[C@H]2C[C@@](C)(OC)[C@@H](O)[C@H](C)O2)[C@H](C)[C@@H](O[C@@H]2O[C@H](C)C[C@H](N(C)CCc3cn(C[C@H]4CN(c5ccc(OC(F)(F)F)cc5)C(=O)O4)nn3)[C@H]2O)[C@](C)(O)C[C@@H](C)CN(C)[C@H](C)[C@@H](O)[C@]1(C)O. The molecule has 21 nitrogen and oxygen atoms in total. The summed E-state index contributed by atoms with van der Waals surface area (Å²) in [4.78, 5) is 17.9.